The van der Waals surface area contributed by atoms with Gasteiger partial charge in [0.05, 0.1) is 0 Å². The van der Waals surface area contributed by atoms with Gasteiger partial charge in [-0.2, -0.15) is 0 Å². The smallest absolute Gasteiger partial charge is 0.123 e. The maximum Gasteiger partial charge on any atom is 0.123 e. The van der Waals surface area contributed by atoms with Crippen molar-refractivity contribution < 1.29 is 20.4 Å². The third-order valence-electron chi connectivity index (χ3n) is 4.76. The molecule has 0 fully saturated rings. The van der Waals surface area contributed by atoms with Gasteiger partial charge >= 0.3 is 0 Å². The summed E-state index contributed by atoms with van der Waals surface area (Å²) in [6, 6.07) is 22.7. The summed E-state index contributed by atoms with van der Waals surface area (Å²) in [6.45, 7) is 0. The number of hydrogen-bond donors (Lipinski definition) is 4. The first-order chi connectivity index (χ1) is 13.0. The van der Waals surface area contributed by atoms with Crippen molar-refractivity contribution in [1.29, 1.82) is 0 Å². The summed E-state index contributed by atoms with van der Waals surface area (Å²) in [5, 5.41) is 42.3. The second-order valence-corrected chi connectivity index (χ2v) is 6.53. The van der Waals surface area contributed by atoms with Gasteiger partial charge in [-0.1, -0.05) is 54.6 Å². The molecule has 4 aromatic rings. The van der Waals surface area contributed by atoms with Crippen molar-refractivity contribution in [3.05, 3.63) is 95.6 Å². The number of fused-ring (bicyclic) bond motifs is 1. The maximum atomic E-state index is 10.5. The molecule has 4 rings (SSSR count). The van der Waals surface area contributed by atoms with Gasteiger partial charge in [-0.3, -0.25) is 0 Å². The van der Waals surface area contributed by atoms with Crippen molar-refractivity contribution >= 4 is 10.8 Å². The Morgan fingerprint density at radius 3 is 1.63 bits per heavy atom. The van der Waals surface area contributed by atoms with Crippen molar-refractivity contribution in [1.82, 2.24) is 0 Å². The zero-order chi connectivity index (χ0) is 19.0. The molecule has 0 saturated heterocycles. The Kier molecular flexibility index (Phi) is 4.09. The second kappa shape index (κ2) is 6.57. The van der Waals surface area contributed by atoms with Crippen LogP contribution >= 0.6 is 0 Å². The summed E-state index contributed by atoms with van der Waals surface area (Å²) in [5.74, 6) is -0.691. The van der Waals surface area contributed by atoms with E-state index in [0.29, 0.717) is 11.1 Å². The van der Waals surface area contributed by atoms with E-state index in [1.807, 2.05) is 42.5 Å². The maximum absolute atomic E-state index is 10.5. The summed E-state index contributed by atoms with van der Waals surface area (Å²) < 4.78 is 0. The molecule has 0 bridgehead atoms. The molecule has 0 aliphatic heterocycles. The molecule has 0 aromatic heterocycles. The lowest BCUT2D eigenvalue weighted by Gasteiger charge is -2.21. The van der Waals surface area contributed by atoms with Crippen LogP contribution in [0, 0.1) is 0 Å². The van der Waals surface area contributed by atoms with Crippen molar-refractivity contribution in [3.63, 3.8) is 0 Å². The topological polar surface area (TPSA) is 80.9 Å². The highest BCUT2D eigenvalue weighted by atomic mass is 16.3. The molecule has 4 heteroatoms. The van der Waals surface area contributed by atoms with Gasteiger partial charge in [0.1, 0.15) is 23.0 Å². The fraction of sp³-hybridized carbons (Fsp3) is 0.0435. The second-order valence-electron chi connectivity index (χ2n) is 6.53. The Balaban J connectivity index is 1.96. The first kappa shape index (κ1) is 16.8. The van der Waals surface area contributed by atoms with Crippen LogP contribution in [0.5, 0.6) is 23.0 Å². The first-order valence-corrected chi connectivity index (χ1v) is 8.55. The number of phenolic OH excluding ortho intramolecular Hbond substituents is 4. The number of benzene rings is 4. The minimum atomic E-state index is -0.476. The summed E-state index contributed by atoms with van der Waals surface area (Å²) in [5.41, 5.74) is 1.96. The monoisotopic (exact) mass is 358 g/mol. The molecule has 0 unspecified atom stereocenters. The molecule has 0 heterocycles. The van der Waals surface area contributed by atoms with Gasteiger partial charge in [0.25, 0.3) is 0 Å². The minimum absolute atomic E-state index is 0.0385. The van der Waals surface area contributed by atoms with Gasteiger partial charge in [0, 0.05) is 29.2 Å². The zero-order valence-electron chi connectivity index (χ0n) is 14.4. The molecule has 0 saturated carbocycles. The number of phenols is 4. The van der Waals surface area contributed by atoms with Crippen LogP contribution in [-0.2, 0) is 0 Å². The molecule has 0 amide bonds. The highest BCUT2D eigenvalue weighted by Gasteiger charge is 2.23. The fourth-order valence-corrected chi connectivity index (χ4v) is 3.47. The van der Waals surface area contributed by atoms with E-state index in [0.717, 1.165) is 16.3 Å². The SMILES string of the molecule is Oc1ccc(C(c2ccc3ccccc3c2)c2ccc(O)cc2O)c(O)c1. The van der Waals surface area contributed by atoms with Gasteiger partial charge in [-0.15, -0.1) is 0 Å². The lowest BCUT2D eigenvalue weighted by atomic mass is 9.83. The van der Waals surface area contributed by atoms with Crippen LogP contribution in [-0.4, -0.2) is 20.4 Å². The van der Waals surface area contributed by atoms with Crippen LogP contribution in [0.2, 0.25) is 0 Å². The molecule has 0 radical (unpaired) electrons. The van der Waals surface area contributed by atoms with Crippen LogP contribution in [0.25, 0.3) is 10.8 Å². The number of hydrogen-bond acceptors (Lipinski definition) is 4. The van der Waals surface area contributed by atoms with E-state index in [1.165, 1.54) is 24.3 Å². The quantitative estimate of drug-likeness (QED) is 0.395. The highest BCUT2D eigenvalue weighted by molar-refractivity contribution is 5.83. The Hall–Kier alpha value is -3.66. The molecule has 4 N–H and O–H groups in total. The van der Waals surface area contributed by atoms with E-state index < -0.39 is 5.92 Å². The molecule has 0 aliphatic rings. The van der Waals surface area contributed by atoms with Crippen LogP contribution in [0.1, 0.15) is 22.6 Å². The average molecular weight is 358 g/mol. The van der Waals surface area contributed by atoms with Gasteiger partial charge in [-0.05, 0) is 28.5 Å². The van der Waals surface area contributed by atoms with Crippen LogP contribution in [0.15, 0.2) is 78.9 Å². The number of rotatable bonds is 3. The first-order valence-electron chi connectivity index (χ1n) is 8.55. The van der Waals surface area contributed by atoms with E-state index in [2.05, 4.69) is 0 Å². The fourth-order valence-electron chi connectivity index (χ4n) is 3.47. The highest BCUT2D eigenvalue weighted by Crippen LogP contribution is 2.42. The lowest BCUT2D eigenvalue weighted by molar-refractivity contribution is 0.440. The molecular weight excluding hydrogens is 340 g/mol. The molecular formula is C23H18O4. The Bertz CT molecular complexity index is 1080. The standard InChI is InChI=1S/C23H18O4/c24-17-7-9-19(21(26)12-17)23(20-10-8-18(25)13-22(20)27)16-6-5-14-3-1-2-4-15(14)11-16/h1-13,23-27H. The van der Waals surface area contributed by atoms with Crippen molar-refractivity contribution in [2.45, 2.75) is 5.92 Å². The Morgan fingerprint density at radius 1 is 0.519 bits per heavy atom. The molecule has 0 aliphatic carbocycles. The summed E-state index contributed by atoms with van der Waals surface area (Å²) in [7, 11) is 0. The lowest BCUT2D eigenvalue weighted by Crippen LogP contribution is -2.04. The third kappa shape index (κ3) is 3.13. The van der Waals surface area contributed by atoms with Gasteiger partial charge < -0.3 is 20.4 Å². The average Bonchev–Trinajstić information content (AvgIpc) is 2.65. The molecule has 0 spiro atoms. The van der Waals surface area contributed by atoms with Crippen molar-refractivity contribution in [2.24, 2.45) is 0 Å². The molecule has 0 atom stereocenters. The summed E-state index contributed by atoms with van der Waals surface area (Å²) >= 11 is 0. The van der Waals surface area contributed by atoms with Crippen LogP contribution in [0.3, 0.4) is 0 Å². The van der Waals surface area contributed by atoms with Crippen molar-refractivity contribution in [3.8, 4) is 23.0 Å². The third-order valence-corrected chi connectivity index (χ3v) is 4.76. The Morgan fingerprint density at radius 2 is 1.07 bits per heavy atom. The van der Waals surface area contributed by atoms with E-state index in [9.17, 15) is 20.4 Å². The zero-order valence-corrected chi connectivity index (χ0v) is 14.4. The van der Waals surface area contributed by atoms with Crippen molar-refractivity contribution in [2.75, 3.05) is 0 Å². The molecule has 134 valence electrons. The van der Waals surface area contributed by atoms with E-state index >= 15 is 0 Å². The van der Waals surface area contributed by atoms with Crippen LogP contribution < -0.4 is 0 Å². The summed E-state index contributed by atoms with van der Waals surface area (Å²) in [4.78, 5) is 0. The normalized spacial score (nSPS) is 11.1. The molecule has 4 nitrogen and oxygen atoms in total. The van der Waals surface area contributed by atoms with Gasteiger partial charge in [0.15, 0.2) is 0 Å². The molecule has 4 aromatic carbocycles. The van der Waals surface area contributed by atoms with E-state index in [1.54, 1.807) is 12.1 Å². The molecule has 27 heavy (non-hydrogen) atoms. The Labute approximate surface area is 156 Å². The minimum Gasteiger partial charge on any atom is -0.508 e. The summed E-state index contributed by atoms with van der Waals surface area (Å²) in [6.07, 6.45) is 0. The number of aromatic hydroxyl groups is 4. The van der Waals surface area contributed by atoms with Gasteiger partial charge in [-0.25, -0.2) is 0 Å². The van der Waals surface area contributed by atoms with Crippen LogP contribution in [0.4, 0.5) is 0 Å². The largest absolute Gasteiger partial charge is 0.508 e. The predicted octanol–water partition coefficient (Wildman–Crippen LogP) is 4.84. The van der Waals surface area contributed by atoms with E-state index in [-0.39, 0.29) is 23.0 Å². The van der Waals surface area contributed by atoms with E-state index in [4.69, 9.17) is 0 Å². The van der Waals surface area contributed by atoms with Gasteiger partial charge in [0.2, 0.25) is 0 Å². The predicted molar refractivity (Wildman–Crippen MR) is 104 cm³/mol.